The molecule has 2 aromatic carbocycles. The van der Waals surface area contributed by atoms with Gasteiger partial charge in [0.05, 0.1) is 12.7 Å². The lowest BCUT2D eigenvalue weighted by Gasteiger charge is -2.13. The van der Waals surface area contributed by atoms with Gasteiger partial charge in [-0.2, -0.15) is 0 Å². The number of ketones is 1. The lowest BCUT2D eigenvalue weighted by molar-refractivity contribution is 0.0691. The third kappa shape index (κ3) is 3.11. The smallest absolute Gasteiger partial charge is 0.336 e. The van der Waals surface area contributed by atoms with Gasteiger partial charge in [-0.15, -0.1) is 0 Å². The molecule has 0 saturated heterocycles. The van der Waals surface area contributed by atoms with Crippen LogP contribution in [0.4, 0.5) is 0 Å². The quantitative estimate of drug-likeness (QED) is 0.855. The van der Waals surface area contributed by atoms with Crippen LogP contribution in [0, 0.1) is 0 Å². The number of carboxylic acid groups (broad SMARTS) is 1. The van der Waals surface area contributed by atoms with Crippen LogP contribution in [0.3, 0.4) is 0 Å². The fourth-order valence-electron chi connectivity index (χ4n) is 2.17. The molecule has 4 heteroatoms. The normalized spacial score (nSPS) is 11.7. The van der Waals surface area contributed by atoms with Crippen molar-refractivity contribution < 1.29 is 19.4 Å². The van der Waals surface area contributed by atoms with E-state index in [1.807, 2.05) is 30.3 Å². The second-order valence-electron chi connectivity index (χ2n) is 4.71. The molecule has 0 saturated carbocycles. The van der Waals surface area contributed by atoms with E-state index in [1.165, 1.54) is 25.3 Å². The van der Waals surface area contributed by atoms with E-state index in [4.69, 9.17) is 4.74 Å². The van der Waals surface area contributed by atoms with E-state index in [-0.39, 0.29) is 16.9 Å². The van der Waals surface area contributed by atoms with Gasteiger partial charge in [0.1, 0.15) is 5.75 Å². The highest BCUT2D eigenvalue weighted by Crippen LogP contribution is 2.25. The van der Waals surface area contributed by atoms with Crippen molar-refractivity contribution in [1.29, 1.82) is 0 Å². The van der Waals surface area contributed by atoms with Crippen LogP contribution < -0.4 is 4.74 Å². The highest BCUT2D eigenvalue weighted by atomic mass is 16.5. The van der Waals surface area contributed by atoms with Crippen LogP contribution in [0.25, 0.3) is 0 Å². The Morgan fingerprint density at radius 1 is 1.05 bits per heavy atom. The molecule has 0 aliphatic heterocycles. The maximum atomic E-state index is 12.6. The topological polar surface area (TPSA) is 63.6 Å². The number of carbonyl (C=O) groups excluding carboxylic acids is 1. The van der Waals surface area contributed by atoms with E-state index in [2.05, 4.69) is 0 Å². The van der Waals surface area contributed by atoms with E-state index >= 15 is 0 Å². The Labute approximate surface area is 123 Å². The summed E-state index contributed by atoms with van der Waals surface area (Å²) in [5, 5.41) is 9.24. The van der Waals surface area contributed by atoms with Crippen molar-refractivity contribution in [3.05, 3.63) is 65.2 Å². The van der Waals surface area contributed by atoms with Crippen molar-refractivity contribution in [3.63, 3.8) is 0 Å². The van der Waals surface area contributed by atoms with Crippen LogP contribution in [0.1, 0.15) is 39.1 Å². The first-order chi connectivity index (χ1) is 10.0. The highest BCUT2D eigenvalue weighted by molar-refractivity contribution is 6.08. The lowest BCUT2D eigenvalue weighted by atomic mass is 9.90. The summed E-state index contributed by atoms with van der Waals surface area (Å²) in [4.78, 5) is 23.9. The Morgan fingerprint density at radius 3 is 2.29 bits per heavy atom. The molecule has 21 heavy (non-hydrogen) atoms. The first-order valence-electron chi connectivity index (χ1n) is 6.55. The van der Waals surface area contributed by atoms with Gasteiger partial charge in [0.2, 0.25) is 0 Å². The lowest BCUT2D eigenvalue weighted by Crippen LogP contribution is -2.14. The number of hydrogen-bond acceptors (Lipinski definition) is 3. The maximum Gasteiger partial charge on any atom is 0.336 e. The zero-order valence-corrected chi connectivity index (χ0v) is 11.9. The Bertz CT molecular complexity index is 662. The molecule has 1 N–H and O–H groups in total. The molecular weight excluding hydrogens is 268 g/mol. The van der Waals surface area contributed by atoms with Gasteiger partial charge < -0.3 is 9.84 Å². The molecule has 0 heterocycles. The molecule has 2 aromatic rings. The fraction of sp³-hybridized carbons (Fsp3) is 0.176. The maximum absolute atomic E-state index is 12.6. The zero-order chi connectivity index (χ0) is 15.4. The first kappa shape index (κ1) is 14.8. The summed E-state index contributed by atoms with van der Waals surface area (Å²) in [5.74, 6) is -1.32. The van der Waals surface area contributed by atoms with Crippen LogP contribution in [-0.4, -0.2) is 24.0 Å². The Kier molecular flexibility index (Phi) is 4.38. The van der Waals surface area contributed by atoms with Crippen LogP contribution in [0.5, 0.6) is 5.75 Å². The van der Waals surface area contributed by atoms with Gasteiger partial charge in [-0.3, -0.25) is 4.79 Å². The number of aromatic carboxylic acids is 1. The van der Waals surface area contributed by atoms with Gasteiger partial charge in [-0.1, -0.05) is 37.3 Å². The van der Waals surface area contributed by atoms with Crippen molar-refractivity contribution in [2.24, 2.45) is 0 Å². The third-order valence-corrected chi connectivity index (χ3v) is 3.42. The first-order valence-corrected chi connectivity index (χ1v) is 6.55. The van der Waals surface area contributed by atoms with Crippen molar-refractivity contribution in [1.82, 2.24) is 0 Å². The van der Waals surface area contributed by atoms with Crippen LogP contribution >= 0.6 is 0 Å². The molecule has 0 spiro atoms. The zero-order valence-electron chi connectivity index (χ0n) is 11.9. The average Bonchev–Trinajstić information content (AvgIpc) is 2.53. The molecule has 0 aliphatic rings. The minimum atomic E-state index is -1.12. The largest absolute Gasteiger partial charge is 0.497 e. The van der Waals surface area contributed by atoms with Gasteiger partial charge >= 0.3 is 5.97 Å². The summed E-state index contributed by atoms with van der Waals surface area (Å²) in [5.41, 5.74) is 1.00. The number of hydrogen-bond donors (Lipinski definition) is 1. The summed E-state index contributed by atoms with van der Waals surface area (Å²) in [6, 6.07) is 13.7. The molecule has 0 fully saturated rings. The van der Waals surface area contributed by atoms with E-state index in [9.17, 15) is 14.7 Å². The van der Waals surface area contributed by atoms with Crippen molar-refractivity contribution in [2.45, 2.75) is 12.8 Å². The van der Waals surface area contributed by atoms with Crippen LogP contribution in [0.15, 0.2) is 48.5 Å². The number of carboxylic acids is 1. The molecule has 1 unspecified atom stereocenters. The van der Waals surface area contributed by atoms with Crippen LogP contribution in [0.2, 0.25) is 0 Å². The van der Waals surface area contributed by atoms with Crippen LogP contribution in [-0.2, 0) is 0 Å². The van der Waals surface area contributed by atoms with Gasteiger partial charge in [0.25, 0.3) is 0 Å². The second-order valence-corrected chi connectivity index (χ2v) is 4.71. The van der Waals surface area contributed by atoms with E-state index in [1.54, 1.807) is 6.92 Å². The molecule has 4 nitrogen and oxygen atoms in total. The van der Waals surface area contributed by atoms with Crippen molar-refractivity contribution >= 4 is 11.8 Å². The third-order valence-electron chi connectivity index (χ3n) is 3.42. The summed E-state index contributed by atoms with van der Waals surface area (Å²) < 4.78 is 5.08. The van der Waals surface area contributed by atoms with E-state index in [0.717, 1.165) is 5.56 Å². The summed E-state index contributed by atoms with van der Waals surface area (Å²) in [7, 11) is 1.48. The molecule has 0 amide bonds. The molecule has 0 bridgehead atoms. The average molecular weight is 284 g/mol. The molecule has 2 rings (SSSR count). The minimum Gasteiger partial charge on any atom is -0.497 e. The minimum absolute atomic E-state index is 0.0106. The molecule has 0 aromatic heterocycles. The van der Waals surface area contributed by atoms with Crippen molar-refractivity contribution in [3.8, 4) is 5.75 Å². The van der Waals surface area contributed by atoms with Crippen molar-refractivity contribution in [2.75, 3.05) is 7.11 Å². The number of benzene rings is 2. The fourth-order valence-corrected chi connectivity index (χ4v) is 2.17. The second kappa shape index (κ2) is 6.22. The number of Topliss-reactive ketones (excluding diaryl/α,β-unsaturated/α-hetero) is 1. The molecular formula is C17H16O4. The predicted molar refractivity (Wildman–Crippen MR) is 79.1 cm³/mol. The van der Waals surface area contributed by atoms with E-state index in [0.29, 0.717) is 5.75 Å². The number of ether oxygens (including phenoxy) is 1. The SMILES string of the molecule is COc1ccc(C(=O)O)c(C(=O)C(C)c2ccccc2)c1. The van der Waals surface area contributed by atoms with Gasteiger partial charge in [0.15, 0.2) is 5.78 Å². The predicted octanol–water partition coefficient (Wildman–Crippen LogP) is 3.38. The van der Waals surface area contributed by atoms with Gasteiger partial charge in [-0.25, -0.2) is 4.79 Å². The number of rotatable bonds is 5. The number of carbonyl (C=O) groups is 2. The standard InChI is InChI=1S/C17H16O4/c1-11(12-6-4-3-5-7-12)16(18)15-10-13(21-2)8-9-14(15)17(19)20/h3-11H,1-2H3,(H,19,20). The summed E-state index contributed by atoms with van der Waals surface area (Å²) in [6.07, 6.45) is 0. The molecule has 1 atom stereocenters. The highest BCUT2D eigenvalue weighted by Gasteiger charge is 2.23. The summed E-state index contributed by atoms with van der Waals surface area (Å²) in [6.45, 7) is 1.77. The van der Waals surface area contributed by atoms with E-state index < -0.39 is 11.9 Å². The Balaban J connectivity index is 2.44. The molecule has 0 aliphatic carbocycles. The van der Waals surface area contributed by atoms with Gasteiger partial charge in [-0.05, 0) is 23.8 Å². The molecule has 0 radical (unpaired) electrons. The Morgan fingerprint density at radius 2 is 1.71 bits per heavy atom. The Hall–Kier alpha value is -2.62. The van der Waals surface area contributed by atoms with Gasteiger partial charge in [0, 0.05) is 11.5 Å². The molecule has 108 valence electrons. The number of methoxy groups -OCH3 is 1. The summed E-state index contributed by atoms with van der Waals surface area (Å²) >= 11 is 0. The monoisotopic (exact) mass is 284 g/mol.